The maximum Gasteiger partial charge on any atom is 0.255 e. The quantitative estimate of drug-likeness (QED) is 0.469. The van der Waals surface area contributed by atoms with Crippen LogP contribution in [0.4, 0.5) is 0 Å². The van der Waals surface area contributed by atoms with Crippen molar-refractivity contribution in [3.8, 4) is 0 Å². The molecule has 0 radical (unpaired) electrons. The van der Waals surface area contributed by atoms with E-state index in [4.69, 9.17) is 0 Å². The first-order valence-electron chi connectivity index (χ1n) is 9.95. The summed E-state index contributed by atoms with van der Waals surface area (Å²) in [6.07, 6.45) is 1.53. The Hall–Kier alpha value is -3.03. The van der Waals surface area contributed by atoms with Crippen molar-refractivity contribution >= 4 is 32.9 Å². The molecular formula is C24H27N3O3S. The van der Waals surface area contributed by atoms with Crippen molar-refractivity contribution in [2.24, 2.45) is 5.10 Å². The first-order valence-corrected chi connectivity index (χ1v) is 11.4. The zero-order chi connectivity index (χ0) is 22.6. The van der Waals surface area contributed by atoms with E-state index < -0.39 is 15.9 Å². The third kappa shape index (κ3) is 5.57. The number of fused-ring (bicyclic) bond motifs is 1. The second kappa shape index (κ2) is 8.99. The number of benzene rings is 3. The van der Waals surface area contributed by atoms with Gasteiger partial charge in [-0.2, -0.15) is 9.41 Å². The summed E-state index contributed by atoms with van der Waals surface area (Å²) >= 11 is 0. The lowest BCUT2D eigenvalue weighted by Crippen LogP contribution is -2.36. The van der Waals surface area contributed by atoms with Crippen LogP contribution in [-0.4, -0.2) is 38.4 Å². The van der Waals surface area contributed by atoms with Crippen LogP contribution >= 0.6 is 0 Å². The Balaban J connectivity index is 1.62. The van der Waals surface area contributed by atoms with E-state index in [2.05, 4.69) is 31.3 Å². The van der Waals surface area contributed by atoms with Gasteiger partial charge in [0.1, 0.15) is 0 Å². The van der Waals surface area contributed by atoms with E-state index in [1.807, 2.05) is 48.5 Å². The molecule has 1 N–H and O–H groups in total. The summed E-state index contributed by atoms with van der Waals surface area (Å²) in [4.78, 5) is 12.3. The van der Waals surface area contributed by atoms with Crippen LogP contribution in [0, 0.1) is 0 Å². The van der Waals surface area contributed by atoms with Crippen molar-refractivity contribution in [1.29, 1.82) is 0 Å². The molecular weight excluding hydrogens is 410 g/mol. The van der Waals surface area contributed by atoms with Crippen LogP contribution in [0.5, 0.6) is 0 Å². The lowest BCUT2D eigenvalue weighted by molar-refractivity contribution is -0.121. The lowest BCUT2D eigenvalue weighted by Gasteiger charge is -2.18. The molecule has 7 heteroatoms. The minimum Gasteiger partial charge on any atom is -0.272 e. The minimum absolute atomic E-state index is 0.0605. The zero-order valence-electron chi connectivity index (χ0n) is 18.2. The van der Waals surface area contributed by atoms with Gasteiger partial charge in [-0.05, 0) is 39.4 Å². The molecule has 0 atom stereocenters. The van der Waals surface area contributed by atoms with Gasteiger partial charge in [-0.15, -0.1) is 0 Å². The molecule has 3 aromatic rings. The summed E-state index contributed by atoms with van der Waals surface area (Å²) in [6.45, 7) is 6.08. The highest BCUT2D eigenvalue weighted by Crippen LogP contribution is 2.22. The van der Waals surface area contributed by atoms with Crippen molar-refractivity contribution in [3.63, 3.8) is 0 Å². The highest BCUT2D eigenvalue weighted by molar-refractivity contribution is 7.89. The van der Waals surface area contributed by atoms with E-state index in [-0.39, 0.29) is 16.9 Å². The Morgan fingerprint density at radius 2 is 1.65 bits per heavy atom. The van der Waals surface area contributed by atoms with Crippen molar-refractivity contribution in [3.05, 3.63) is 77.9 Å². The number of hydrogen-bond donors (Lipinski definition) is 1. The van der Waals surface area contributed by atoms with Crippen LogP contribution < -0.4 is 5.43 Å². The van der Waals surface area contributed by atoms with E-state index in [1.54, 1.807) is 18.2 Å². The molecule has 0 aliphatic rings. The Morgan fingerprint density at radius 1 is 1.00 bits per heavy atom. The minimum atomic E-state index is -3.80. The maximum absolute atomic E-state index is 12.8. The largest absolute Gasteiger partial charge is 0.272 e. The predicted octanol–water partition coefficient (Wildman–Crippen LogP) is 3.91. The van der Waals surface area contributed by atoms with Gasteiger partial charge in [0.25, 0.3) is 5.91 Å². The molecule has 162 valence electrons. The first kappa shape index (κ1) is 22.7. The van der Waals surface area contributed by atoms with Crippen LogP contribution in [0.1, 0.15) is 31.9 Å². The fourth-order valence-corrected chi connectivity index (χ4v) is 4.24. The fourth-order valence-electron chi connectivity index (χ4n) is 3.08. The number of amides is 1. The highest BCUT2D eigenvalue weighted by atomic mass is 32.2. The second-order valence-electron chi connectivity index (χ2n) is 8.44. The number of hydrogen-bond acceptors (Lipinski definition) is 4. The standard InChI is InChI=1S/C24H27N3O3S/c1-24(2,3)21-12-9-18(10-13-21)16-25-26-23(28)17-27(4)31(29,30)22-14-11-19-7-5-6-8-20(19)15-22/h5-16H,17H2,1-4H3,(H,26,28). The number of likely N-dealkylation sites (N-methyl/N-ethyl adjacent to an activating group) is 1. The molecule has 0 unspecified atom stereocenters. The van der Waals surface area contributed by atoms with E-state index in [0.717, 1.165) is 20.6 Å². The summed E-state index contributed by atoms with van der Waals surface area (Å²) in [6, 6.07) is 20.3. The Kier molecular flexibility index (Phi) is 6.57. The number of rotatable bonds is 6. The SMILES string of the molecule is CN(CC(=O)NN=Cc1ccc(C(C)(C)C)cc1)S(=O)(=O)c1ccc2ccccc2c1. The topological polar surface area (TPSA) is 78.8 Å². The summed E-state index contributed by atoms with van der Waals surface area (Å²) in [7, 11) is -2.43. The summed E-state index contributed by atoms with van der Waals surface area (Å²) in [5.41, 5.74) is 4.49. The van der Waals surface area contributed by atoms with Crippen LogP contribution in [0.2, 0.25) is 0 Å². The molecule has 0 aromatic heterocycles. The van der Waals surface area contributed by atoms with Gasteiger partial charge in [-0.3, -0.25) is 4.79 Å². The average Bonchev–Trinajstić information content (AvgIpc) is 2.73. The molecule has 0 heterocycles. The Labute approximate surface area is 183 Å². The average molecular weight is 438 g/mol. The van der Waals surface area contributed by atoms with Crippen molar-refractivity contribution in [2.45, 2.75) is 31.1 Å². The van der Waals surface area contributed by atoms with Crippen molar-refractivity contribution < 1.29 is 13.2 Å². The van der Waals surface area contributed by atoms with Gasteiger partial charge in [0, 0.05) is 7.05 Å². The normalized spacial score (nSPS) is 12.5. The zero-order valence-corrected chi connectivity index (χ0v) is 19.0. The third-order valence-electron chi connectivity index (χ3n) is 4.97. The Morgan fingerprint density at radius 3 is 2.29 bits per heavy atom. The molecule has 0 aliphatic heterocycles. The molecule has 3 rings (SSSR count). The second-order valence-corrected chi connectivity index (χ2v) is 10.5. The number of sulfonamides is 1. The van der Waals surface area contributed by atoms with Gasteiger partial charge in [0.15, 0.2) is 0 Å². The summed E-state index contributed by atoms with van der Waals surface area (Å²) in [5, 5.41) is 5.71. The molecule has 6 nitrogen and oxygen atoms in total. The van der Waals surface area contributed by atoms with Crippen LogP contribution in [0.3, 0.4) is 0 Å². The highest BCUT2D eigenvalue weighted by Gasteiger charge is 2.23. The molecule has 0 saturated heterocycles. The summed E-state index contributed by atoms with van der Waals surface area (Å²) < 4.78 is 26.7. The molecule has 0 bridgehead atoms. The summed E-state index contributed by atoms with van der Waals surface area (Å²) in [5.74, 6) is -0.519. The van der Waals surface area contributed by atoms with Gasteiger partial charge < -0.3 is 0 Å². The van der Waals surface area contributed by atoms with Crippen LogP contribution in [-0.2, 0) is 20.2 Å². The van der Waals surface area contributed by atoms with Gasteiger partial charge in [-0.25, -0.2) is 13.8 Å². The molecule has 0 spiro atoms. The van der Waals surface area contributed by atoms with Crippen molar-refractivity contribution in [2.75, 3.05) is 13.6 Å². The van der Waals surface area contributed by atoms with Gasteiger partial charge in [-0.1, -0.05) is 75.4 Å². The monoisotopic (exact) mass is 437 g/mol. The predicted molar refractivity (Wildman–Crippen MR) is 125 cm³/mol. The number of nitrogens with zero attached hydrogens (tertiary/aromatic N) is 2. The third-order valence-corrected chi connectivity index (χ3v) is 6.77. The van der Waals surface area contributed by atoms with E-state index >= 15 is 0 Å². The number of nitrogens with one attached hydrogen (secondary N) is 1. The van der Waals surface area contributed by atoms with E-state index in [9.17, 15) is 13.2 Å². The van der Waals surface area contributed by atoms with Crippen LogP contribution in [0.25, 0.3) is 10.8 Å². The Bertz CT molecular complexity index is 1210. The number of carbonyl (C=O) groups excluding carboxylic acids is 1. The molecule has 0 aliphatic carbocycles. The van der Waals surface area contributed by atoms with Gasteiger partial charge >= 0.3 is 0 Å². The first-order chi connectivity index (χ1) is 14.6. The molecule has 31 heavy (non-hydrogen) atoms. The molecule has 3 aromatic carbocycles. The molecule has 0 fully saturated rings. The smallest absolute Gasteiger partial charge is 0.255 e. The van der Waals surface area contributed by atoms with E-state index in [1.165, 1.54) is 18.8 Å². The lowest BCUT2D eigenvalue weighted by atomic mass is 9.87. The fraction of sp³-hybridized carbons (Fsp3) is 0.250. The number of carbonyl (C=O) groups is 1. The number of hydrazone groups is 1. The van der Waals surface area contributed by atoms with Gasteiger partial charge in [0.2, 0.25) is 10.0 Å². The van der Waals surface area contributed by atoms with Crippen molar-refractivity contribution in [1.82, 2.24) is 9.73 Å². The van der Waals surface area contributed by atoms with E-state index in [0.29, 0.717) is 0 Å². The molecule has 1 amide bonds. The van der Waals surface area contributed by atoms with Crippen LogP contribution in [0.15, 0.2) is 76.7 Å². The molecule has 0 saturated carbocycles. The van der Waals surface area contributed by atoms with Gasteiger partial charge in [0.05, 0.1) is 17.7 Å². The maximum atomic E-state index is 12.8.